The number of aromatic amines is 1. The molecule has 0 aliphatic heterocycles. The molecule has 0 bridgehead atoms. The lowest BCUT2D eigenvalue weighted by molar-refractivity contribution is -0.153. The normalized spacial score (nSPS) is 12.7. The number of fused-ring (bicyclic) bond motifs is 1. The fraction of sp³-hybridized carbons (Fsp3) is 0.667. The highest BCUT2D eigenvalue weighted by atomic mass is 31.1. The van der Waals surface area contributed by atoms with Crippen molar-refractivity contribution in [3.8, 4) is 0 Å². The van der Waals surface area contributed by atoms with Gasteiger partial charge in [0.2, 0.25) is 11.9 Å². The second-order valence-corrected chi connectivity index (χ2v) is 14.0. The highest BCUT2D eigenvalue weighted by molar-refractivity contribution is 7.49. The summed E-state index contributed by atoms with van der Waals surface area (Å²) in [6, 6.07) is 10.8. The van der Waals surface area contributed by atoms with Crippen LogP contribution in [0.1, 0.15) is 115 Å². The van der Waals surface area contributed by atoms with Crippen molar-refractivity contribution in [1.82, 2.24) is 19.5 Å². The van der Waals surface area contributed by atoms with Crippen LogP contribution < -0.4 is 16.2 Å². The van der Waals surface area contributed by atoms with Gasteiger partial charge in [0.25, 0.3) is 5.56 Å². The molecule has 0 radical (unpaired) electrons. The van der Waals surface area contributed by atoms with Gasteiger partial charge in [0.05, 0.1) is 27.3 Å². The quantitative estimate of drug-likeness (QED) is 0.0604. The summed E-state index contributed by atoms with van der Waals surface area (Å²) in [5.41, 5.74) is 6.96. The van der Waals surface area contributed by atoms with E-state index in [2.05, 4.69) is 45.3 Å². The number of H-pyrrole nitrogens is 1. The van der Waals surface area contributed by atoms with Crippen LogP contribution in [0.2, 0.25) is 0 Å². The molecule has 1 unspecified atom stereocenters. The van der Waals surface area contributed by atoms with E-state index in [9.17, 15) is 14.1 Å². The Balaban J connectivity index is 1.05. The summed E-state index contributed by atoms with van der Waals surface area (Å²) in [6.45, 7) is 0.290. The van der Waals surface area contributed by atoms with Gasteiger partial charge < -0.3 is 24.7 Å². The van der Waals surface area contributed by atoms with Crippen LogP contribution in [0.25, 0.3) is 11.2 Å². The maximum atomic E-state index is 13.5. The summed E-state index contributed by atoms with van der Waals surface area (Å²) >= 11 is 0. The maximum Gasteiger partial charge on any atom is 0.280 e. The Hall–Kier alpha value is -2.65. The van der Waals surface area contributed by atoms with Crippen molar-refractivity contribution in [3.63, 3.8) is 0 Å². The Morgan fingerprint density at radius 2 is 1.45 bits per heavy atom. The second-order valence-electron chi connectivity index (χ2n) is 12.5. The molecule has 1 aromatic carbocycles. The van der Waals surface area contributed by atoms with Gasteiger partial charge >= 0.3 is 0 Å². The number of alkyl halides is 1. The summed E-state index contributed by atoms with van der Waals surface area (Å²) < 4.78 is 26.1. The molecule has 3 N–H and O–H groups in total. The van der Waals surface area contributed by atoms with E-state index < -0.39 is 26.1 Å². The number of aromatic nitrogens is 4. The number of unbranched alkanes of at least 4 members (excludes halogenated alkanes) is 16. The number of anilines is 1. The Bertz CT molecular complexity index is 1320. The molecule has 0 aliphatic rings. The van der Waals surface area contributed by atoms with Crippen molar-refractivity contribution in [3.05, 3.63) is 52.6 Å². The summed E-state index contributed by atoms with van der Waals surface area (Å²) in [6.07, 6.45) is 24.6. The van der Waals surface area contributed by atoms with Gasteiger partial charge in [-0.2, -0.15) is 4.98 Å². The number of benzene rings is 1. The second kappa shape index (κ2) is 24.5. The Morgan fingerprint density at radius 1 is 0.872 bits per heavy atom. The third kappa shape index (κ3) is 16.8. The predicted octanol–water partition coefficient (Wildman–Crippen LogP) is 7.46. The molecule has 47 heavy (non-hydrogen) atoms. The number of imidazole rings is 1. The van der Waals surface area contributed by atoms with E-state index in [4.69, 9.17) is 15.2 Å². The highest BCUT2D eigenvalue weighted by Gasteiger charge is 2.15. The van der Waals surface area contributed by atoms with Gasteiger partial charge in [-0.05, 0) is 24.8 Å². The predicted molar refractivity (Wildman–Crippen MR) is 191 cm³/mol. The van der Waals surface area contributed by atoms with Crippen molar-refractivity contribution in [1.29, 1.82) is 0 Å². The molecule has 9 nitrogen and oxygen atoms in total. The standard InChI is InChI=1S/C36H57FN5O4P/c37-27-32(28-42-29-39-33-34(42)40-36(38)41-35(33)43)46-30-47(44)26-25-45-24-20-15-13-11-9-7-5-3-1-2-4-6-8-10-12-14-17-21-31-22-18-16-19-23-31/h16,18-19,22-23,29-30,32H,1-15,17,20-21,24-28H2,(H3,38,40,41,43)/t32-/m1/s1. The van der Waals surface area contributed by atoms with Crippen LogP contribution in [-0.2, 0) is 22.4 Å². The summed E-state index contributed by atoms with van der Waals surface area (Å²) in [7, 11) is -1.78. The highest BCUT2D eigenvalue weighted by Crippen LogP contribution is 2.16. The van der Waals surface area contributed by atoms with Gasteiger partial charge in [0, 0.05) is 6.61 Å². The first-order valence-electron chi connectivity index (χ1n) is 17.9. The zero-order valence-electron chi connectivity index (χ0n) is 28.3. The Labute approximate surface area is 281 Å². The lowest BCUT2D eigenvalue weighted by Gasteiger charge is -2.12. The number of halogens is 1. The number of nitrogens with one attached hydrogen (secondary N) is 1. The number of nitrogen functional groups attached to an aromatic ring is 1. The minimum absolute atomic E-state index is 0.0506. The zero-order chi connectivity index (χ0) is 33.4. The molecule has 2 atom stereocenters. The number of hydrogen-bond donors (Lipinski definition) is 2. The third-order valence-corrected chi connectivity index (χ3v) is 9.47. The summed E-state index contributed by atoms with van der Waals surface area (Å²) in [5, 5.41) is 0. The first-order chi connectivity index (χ1) is 23.1. The first kappa shape index (κ1) is 38.8. The number of aryl methyl sites for hydroxylation is 1. The van der Waals surface area contributed by atoms with Crippen LogP contribution in [0.5, 0.6) is 0 Å². The molecule has 2 aromatic heterocycles. The fourth-order valence-electron chi connectivity index (χ4n) is 5.74. The van der Waals surface area contributed by atoms with Gasteiger partial charge in [0.1, 0.15) is 18.9 Å². The minimum atomic E-state index is -1.78. The molecular weight excluding hydrogens is 616 g/mol. The van der Waals surface area contributed by atoms with Crippen LogP contribution in [0.3, 0.4) is 0 Å². The summed E-state index contributed by atoms with van der Waals surface area (Å²) in [5.74, 6) is 1.14. The van der Waals surface area contributed by atoms with Crippen LogP contribution in [0, 0.1) is 0 Å². The van der Waals surface area contributed by atoms with Crippen LogP contribution >= 0.6 is 7.77 Å². The van der Waals surface area contributed by atoms with Gasteiger partial charge in [-0.15, -0.1) is 0 Å². The van der Waals surface area contributed by atoms with E-state index in [0.717, 1.165) is 12.8 Å². The number of hydrogen-bond acceptors (Lipinski definition) is 7. The van der Waals surface area contributed by atoms with Crippen molar-refractivity contribution < 1.29 is 18.8 Å². The van der Waals surface area contributed by atoms with E-state index in [1.165, 1.54) is 125 Å². The molecule has 0 fully saturated rings. The van der Waals surface area contributed by atoms with E-state index >= 15 is 0 Å². The largest absolute Gasteiger partial charge is 0.629 e. The van der Waals surface area contributed by atoms with Crippen molar-refractivity contribution in [2.75, 3.05) is 31.8 Å². The molecule has 0 amide bonds. The first-order valence-corrected chi connectivity index (χ1v) is 19.4. The van der Waals surface area contributed by atoms with Crippen LogP contribution in [0.15, 0.2) is 41.5 Å². The lowest BCUT2D eigenvalue weighted by Crippen LogP contribution is -2.22. The van der Waals surface area contributed by atoms with Gasteiger partial charge in [-0.3, -0.25) is 9.78 Å². The van der Waals surface area contributed by atoms with E-state index in [-0.39, 0.29) is 23.7 Å². The van der Waals surface area contributed by atoms with Crippen LogP contribution in [-0.4, -0.2) is 57.7 Å². The van der Waals surface area contributed by atoms with E-state index in [1.54, 1.807) is 0 Å². The SMILES string of the molecule is Nc1nc2c(ncn2C[C@@H](CF)OC=[P+]([O-])CCOCCCCCCCCCCCCCCCCCCCc2ccccc2)c(=O)[nH]1. The average molecular weight is 674 g/mol. The van der Waals surface area contributed by atoms with Gasteiger partial charge in [-0.1, -0.05) is 127 Å². The number of nitrogens with zero attached hydrogens (tertiary/aromatic N) is 3. The topological polar surface area (TPSA) is 131 Å². The molecule has 11 heteroatoms. The molecular formula is C36H57FN5O4P. The van der Waals surface area contributed by atoms with Gasteiger partial charge in [0.15, 0.2) is 11.2 Å². The maximum absolute atomic E-state index is 13.5. The fourth-order valence-corrected chi connectivity index (χ4v) is 6.47. The molecule has 0 spiro atoms. The molecule has 262 valence electrons. The Morgan fingerprint density at radius 3 is 2.04 bits per heavy atom. The Kier molecular flexibility index (Phi) is 20.2. The van der Waals surface area contributed by atoms with Gasteiger partial charge in [-0.25, -0.2) is 9.37 Å². The van der Waals surface area contributed by atoms with E-state index in [1.807, 2.05) is 0 Å². The monoisotopic (exact) mass is 673 g/mol. The minimum Gasteiger partial charge on any atom is -0.629 e. The zero-order valence-corrected chi connectivity index (χ0v) is 29.2. The molecule has 3 rings (SSSR count). The number of rotatable bonds is 28. The number of nitrogens with two attached hydrogens (primary N) is 1. The van der Waals surface area contributed by atoms with Crippen molar-refractivity contribution in [2.24, 2.45) is 0 Å². The van der Waals surface area contributed by atoms with Crippen molar-refractivity contribution >= 4 is 30.9 Å². The summed E-state index contributed by atoms with van der Waals surface area (Å²) in [4.78, 5) is 34.6. The smallest absolute Gasteiger partial charge is 0.280 e. The molecule has 2 heterocycles. The van der Waals surface area contributed by atoms with Crippen LogP contribution in [0.4, 0.5) is 10.3 Å². The number of ether oxygens (including phenoxy) is 2. The third-order valence-electron chi connectivity index (χ3n) is 8.49. The van der Waals surface area contributed by atoms with Crippen molar-refractivity contribution in [2.45, 2.75) is 128 Å². The lowest BCUT2D eigenvalue weighted by atomic mass is 10.0. The average Bonchev–Trinajstić information content (AvgIpc) is 3.48. The molecule has 0 saturated heterocycles. The molecule has 3 aromatic rings. The molecule has 0 aliphatic carbocycles. The molecule has 0 saturated carbocycles. The van der Waals surface area contributed by atoms with E-state index in [0.29, 0.717) is 19.4 Å².